The highest BCUT2D eigenvalue weighted by Gasteiger charge is 2.28. The Morgan fingerprint density at radius 1 is 1.33 bits per heavy atom. The number of amides is 1. The lowest BCUT2D eigenvalue weighted by Crippen LogP contribution is -2.28. The Labute approximate surface area is 153 Å². The monoisotopic (exact) mass is 429 g/mol. The average molecular weight is 430 g/mol. The normalized spacial score (nSPS) is 15.6. The fraction of sp³-hybridized carbons (Fsp3) is 0.333. The van der Waals surface area contributed by atoms with Crippen molar-refractivity contribution in [3.63, 3.8) is 0 Å². The Kier molecular flexibility index (Phi) is 5.05. The predicted molar refractivity (Wildman–Crippen MR) is 96.9 cm³/mol. The lowest BCUT2D eigenvalue weighted by atomic mass is 10.2. The van der Waals surface area contributed by atoms with Crippen molar-refractivity contribution >= 4 is 48.3 Å². The first-order valence-corrected chi connectivity index (χ1v) is 10.5. The van der Waals surface area contributed by atoms with Gasteiger partial charge in [-0.3, -0.25) is 10.1 Å². The number of rotatable bonds is 4. The van der Waals surface area contributed by atoms with Crippen LogP contribution in [0.25, 0.3) is 0 Å². The van der Waals surface area contributed by atoms with Gasteiger partial charge in [0.25, 0.3) is 5.91 Å². The van der Waals surface area contributed by atoms with E-state index in [0.717, 1.165) is 18.5 Å². The van der Waals surface area contributed by atoms with Crippen molar-refractivity contribution in [2.24, 2.45) is 0 Å². The fourth-order valence-corrected chi connectivity index (χ4v) is 5.15. The molecule has 2 heterocycles. The van der Waals surface area contributed by atoms with Gasteiger partial charge < -0.3 is 0 Å². The number of aromatic nitrogens is 1. The molecule has 3 rings (SSSR count). The number of hydrogen-bond acceptors (Lipinski definition) is 5. The molecule has 1 saturated heterocycles. The van der Waals surface area contributed by atoms with Crippen molar-refractivity contribution < 1.29 is 13.2 Å². The minimum absolute atomic E-state index is 0.132. The number of benzene rings is 1. The van der Waals surface area contributed by atoms with Gasteiger partial charge in [0.2, 0.25) is 10.0 Å². The first-order valence-electron chi connectivity index (χ1n) is 7.41. The smallest absolute Gasteiger partial charge is 0.258 e. The van der Waals surface area contributed by atoms with E-state index in [2.05, 4.69) is 26.2 Å². The maximum absolute atomic E-state index is 12.7. The van der Waals surface area contributed by atoms with Crippen molar-refractivity contribution in [2.45, 2.75) is 24.7 Å². The number of carbonyl (C=O) groups is 1. The zero-order valence-corrected chi connectivity index (χ0v) is 16.2. The molecule has 0 saturated carbocycles. The summed E-state index contributed by atoms with van der Waals surface area (Å²) in [6, 6.07) is 4.51. The molecule has 1 aromatic heterocycles. The fourth-order valence-electron chi connectivity index (χ4n) is 2.49. The second kappa shape index (κ2) is 6.91. The van der Waals surface area contributed by atoms with Gasteiger partial charge in [0.05, 0.1) is 16.2 Å². The van der Waals surface area contributed by atoms with Crippen LogP contribution in [0.5, 0.6) is 0 Å². The maximum Gasteiger partial charge on any atom is 0.258 e. The summed E-state index contributed by atoms with van der Waals surface area (Å²) in [6.45, 7) is 2.89. The molecule has 0 bridgehead atoms. The van der Waals surface area contributed by atoms with Gasteiger partial charge in [0.15, 0.2) is 5.13 Å². The van der Waals surface area contributed by atoms with Crippen LogP contribution < -0.4 is 5.32 Å². The van der Waals surface area contributed by atoms with Crippen molar-refractivity contribution in [3.8, 4) is 0 Å². The van der Waals surface area contributed by atoms with Gasteiger partial charge in [-0.25, -0.2) is 13.4 Å². The lowest BCUT2D eigenvalue weighted by Gasteiger charge is -2.16. The van der Waals surface area contributed by atoms with Gasteiger partial charge >= 0.3 is 0 Å². The van der Waals surface area contributed by atoms with E-state index in [0.29, 0.717) is 22.7 Å². The molecular weight excluding hydrogens is 414 g/mol. The quantitative estimate of drug-likeness (QED) is 0.808. The third kappa shape index (κ3) is 3.53. The van der Waals surface area contributed by atoms with Crippen molar-refractivity contribution in [3.05, 3.63) is 39.3 Å². The summed E-state index contributed by atoms with van der Waals surface area (Å²) in [5, 5.41) is 5.01. The Morgan fingerprint density at radius 3 is 2.67 bits per heavy atom. The minimum Gasteiger partial charge on any atom is -0.298 e. The standard InChI is InChI=1S/C15H16BrN3O3S2/c1-10-9-23-15(17-10)18-14(20)12-8-11(4-5-13(12)16)24(21,22)19-6-2-3-7-19/h4-5,8-9H,2-3,6-7H2,1H3,(H,17,18,20). The number of thiazole rings is 1. The number of hydrogen-bond donors (Lipinski definition) is 1. The summed E-state index contributed by atoms with van der Waals surface area (Å²) in [4.78, 5) is 16.8. The molecule has 1 fully saturated rings. The summed E-state index contributed by atoms with van der Waals surface area (Å²) in [5.74, 6) is -0.394. The molecule has 1 aromatic carbocycles. The highest BCUT2D eigenvalue weighted by Crippen LogP contribution is 2.26. The molecule has 1 amide bonds. The van der Waals surface area contributed by atoms with Crippen LogP contribution in [0.2, 0.25) is 0 Å². The van der Waals surface area contributed by atoms with Crippen LogP contribution in [0.4, 0.5) is 5.13 Å². The third-order valence-corrected chi connectivity index (χ3v) is 7.19. The van der Waals surface area contributed by atoms with Crippen molar-refractivity contribution in [1.82, 2.24) is 9.29 Å². The highest BCUT2D eigenvalue weighted by atomic mass is 79.9. The van der Waals surface area contributed by atoms with Crippen LogP contribution in [-0.2, 0) is 10.0 Å². The largest absolute Gasteiger partial charge is 0.298 e. The van der Waals surface area contributed by atoms with E-state index in [9.17, 15) is 13.2 Å². The molecule has 2 aromatic rings. The summed E-state index contributed by atoms with van der Waals surface area (Å²) in [7, 11) is -3.56. The Hall–Kier alpha value is -1.29. The summed E-state index contributed by atoms with van der Waals surface area (Å²) >= 11 is 4.64. The van der Waals surface area contributed by atoms with Gasteiger partial charge in [0, 0.05) is 22.9 Å². The van der Waals surface area contributed by atoms with Gasteiger partial charge in [-0.15, -0.1) is 11.3 Å². The topological polar surface area (TPSA) is 79.4 Å². The molecule has 0 spiro atoms. The average Bonchev–Trinajstić information content (AvgIpc) is 3.19. The van der Waals surface area contributed by atoms with Crippen LogP contribution in [-0.4, -0.2) is 36.7 Å². The lowest BCUT2D eigenvalue weighted by molar-refractivity contribution is 0.102. The van der Waals surface area contributed by atoms with E-state index in [1.807, 2.05) is 12.3 Å². The van der Waals surface area contributed by atoms with Crippen LogP contribution in [0.15, 0.2) is 32.9 Å². The number of aryl methyl sites for hydroxylation is 1. The van der Waals surface area contributed by atoms with Crippen LogP contribution in [0.3, 0.4) is 0 Å². The number of sulfonamides is 1. The van der Waals surface area contributed by atoms with Crippen molar-refractivity contribution in [2.75, 3.05) is 18.4 Å². The van der Waals surface area contributed by atoms with E-state index in [-0.39, 0.29) is 10.5 Å². The predicted octanol–water partition coefficient (Wildman–Crippen LogP) is 3.25. The van der Waals surface area contributed by atoms with E-state index in [1.54, 1.807) is 6.07 Å². The van der Waals surface area contributed by atoms with E-state index < -0.39 is 15.9 Å². The first kappa shape index (κ1) is 17.5. The van der Waals surface area contributed by atoms with Crippen LogP contribution in [0, 0.1) is 6.92 Å². The summed E-state index contributed by atoms with van der Waals surface area (Å²) < 4.78 is 27.3. The Bertz CT molecular complexity index is 874. The van der Waals surface area contributed by atoms with E-state index >= 15 is 0 Å². The zero-order chi connectivity index (χ0) is 17.3. The van der Waals surface area contributed by atoms with Gasteiger partial charge in [-0.2, -0.15) is 4.31 Å². The van der Waals surface area contributed by atoms with Crippen molar-refractivity contribution in [1.29, 1.82) is 0 Å². The second-order valence-electron chi connectivity index (χ2n) is 5.50. The molecule has 1 aliphatic heterocycles. The first-order chi connectivity index (χ1) is 11.4. The molecule has 6 nitrogen and oxygen atoms in total. The maximum atomic E-state index is 12.7. The molecule has 24 heavy (non-hydrogen) atoms. The molecule has 0 atom stereocenters. The molecule has 1 aliphatic rings. The molecule has 0 radical (unpaired) electrons. The molecule has 9 heteroatoms. The molecule has 128 valence electrons. The summed E-state index contributed by atoms with van der Waals surface area (Å²) in [6.07, 6.45) is 1.74. The highest BCUT2D eigenvalue weighted by molar-refractivity contribution is 9.10. The number of halogens is 1. The second-order valence-corrected chi connectivity index (χ2v) is 9.15. The number of carbonyl (C=O) groups excluding carboxylic acids is 1. The van der Waals surface area contributed by atoms with Gasteiger partial charge in [0.1, 0.15) is 0 Å². The molecule has 1 N–H and O–H groups in total. The minimum atomic E-state index is -3.56. The summed E-state index contributed by atoms with van der Waals surface area (Å²) in [5.41, 5.74) is 1.09. The third-order valence-electron chi connectivity index (χ3n) is 3.72. The number of nitrogens with zero attached hydrogens (tertiary/aromatic N) is 2. The number of nitrogens with one attached hydrogen (secondary N) is 1. The van der Waals surface area contributed by atoms with Gasteiger partial charge in [-0.05, 0) is 53.9 Å². The Balaban J connectivity index is 1.90. The SMILES string of the molecule is Cc1csc(NC(=O)c2cc(S(=O)(=O)N3CCCC3)ccc2Br)n1. The molecule has 0 unspecified atom stereocenters. The van der Waals surface area contributed by atoms with E-state index in [4.69, 9.17) is 0 Å². The van der Waals surface area contributed by atoms with Crippen LogP contribution >= 0.6 is 27.3 Å². The number of anilines is 1. The Morgan fingerprint density at radius 2 is 2.04 bits per heavy atom. The van der Waals surface area contributed by atoms with E-state index in [1.165, 1.54) is 27.8 Å². The zero-order valence-electron chi connectivity index (χ0n) is 13.0. The molecular formula is C15H16BrN3O3S2. The van der Waals surface area contributed by atoms with Crippen LogP contribution in [0.1, 0.15) is 28.9 Å². The van der Waals surface area contributed by atoms with Gasteiger partial charge in [-0.1, -0.05) is 0 Å². The molecule has 0 aliphatic carbocycles.